The maximum atomic E-state index is 10.8. The maximum absolute atomic E-state index is 10.8. The first kappa shape index (κ1) is 22.2. The summed E-state index contributed by atoms with van der Waals surface area (Å²) in [5, 5.41) is 20.9. The molecule has 0 amide bonds. The highest BCUT2D eigenvalue weighted by Gasteiger charge is 2.25. The summed E-state index contributed by atoms with van der Waals surface area (Å²) in [5.74, 6) is 1.60. The van der Waals surface area contributed by atoms with Crippen LogP contribution in [0.5, 0.6) is 34.5 Å². The lowest BCUT2D eigenvalue weighted by Gasteiger charge is -2.24. The summed E-state index contributed by atoms with van der Waals surface area (Å²) in [7, 11) is 5.92. The van der Waals surface area contributed by atoms with Crippen LogP contribution in [0.2, 0.25) is 0 Å². The minimum absolute atomic E-state index is 0.138. The summed E-state index contributed by atoms with van der Waals surface area (Å²) in [6, 6.07) is 6.74. The van der Waals surface area contributed by atoms with Gasteiger partial charge in [0.2, 0.25) is 11.5 Å². The van der Waals surface area contributed by atoms with Crippen LogP contribution in [-0.4, -0.2) is 44.8 Å². The second-order valence-electron chi connectivity index (χ2n) is 6.36. The third-order valence-corrected chi connectivity index (χ3v) is 4.49. The van der Waals surface area contributed by atoms with E-state index in [-0.39, 0.29) is 17.2 Å². The van der Waals surface area contributed by atoms with Crippen molar-refractivity contribution in [1.82, 2.24) is 0 Å². The number of ether oxygens (including phenoxy) is 5. The highest BCUT2D eigenvalue weighted by molar-refractivity contribution is 5.55. The number of allylic oxidation sites excluding steroid dienone is 1. The first-order chi connectivity index (χ1) is 13.9. The van der Waals surface area contributed by atoms with E-state index in [2.05, 4.69) is 6.58 Å². The Morgan fingerprint density at radius 3 is 1.79 bits per heavy atom. The number of benzene rings is 2. The van der Waals surface area contributed by atoms with Crippen LogP contribution >= 0.6 is 0 Å². The summed E-state index contributed by atoms with van der Waals surface area (Å²) in [6.07, 6.45) is 0.716. The molecule has 2 rings (SSSR count). The van der Waals surface area contributed by atoms with E-state index in [1.165, 1.54) is 40.6 Å². The number of aliphatic hydroxyl groups is 1. The van der Waals surface area contributed by atoms with Gasteiger partial charge in [-0.25, -0.2) is 0 Å². The second kappa shape index (κ2) is 9.93. The third-order valence-electron chi connectivity index (χ3n) is 4.49. The summed E-state index contributed by atoms with van der Waals surface area (Å²) in [5.41, 5.74) is 1.42. The topological polar surface area (TPSA) is 86.6 Å². The van der Waals surface area contributed by atoms with Crippen molar-refractivity contribution in [1.29, 1.82) is 0 Å². The average molecular weight is 404 g/mol. The lowest BCUT2D eigenvalue weighted by molar-refractivity contribution is 0.0431. The SMILES string of the molecule is C=CCc1cc(OC)c(O[C@H](C)[C@H](O)c2cc(OC)c(O)c(OC)c2)c(OC)c1. The van der Waals surface area contributed by atoms with Crippen LogP contribution in [0.4, 0.5) is 0 Å². The molecular formula is C22H28O7. The molecule has 0 spiro atoms. The lowest BCUT2D eigenvalue weighted by atomic mass is 10.0. The summed E-state index contributed by atoms with van der Waals surface area (Å²) < 4.78 is 27.2. The molecule has 0 heterocycles. The van der Waals surface area contributed by atoms with Gasteiger partial charge in [0.1, 0.15) is 12.2 Å². The molecule has 29 heavy (non-hydrogen) atoms. The van der Waals surface area contributed by atoms with Gasteiger partial charge in [0, 0.05) is 0 Å². The summed E-state index contributed by atoms with van der Waals surface area (Å²) in [4.78, 5) is 0. The van der Waals surface area contributed by atoms with E-state index in [9.17, 15) is 10.2 Å². The molecule has 0 fully saturated rings. The molecule has 0 saturated heterocycles. The van der Waals surface area contributed by atoms with Crippen LogP contribution in [0, 0.1) is 0 Å². The molecule has 158 valence electrons. The fourth-order valence-corrected chi connectivity index (χ4v) is 2.94. The predicted octanol–water partition coefficient (Wildman–Crippen LogP) is 3.66. The monoisotopic (exact) mass is 404 g/mol. The van der Waals surface area contributed by atoms with Crippen molar-refractivity contribution < 1.29 is 33.9 Å². The van der Waals surface area contributed by atoms with Gasteiger partial charge in [-0.2, -0.15) is 0 Å². The van der Waals surface area contributed by atoms with Crippen LogP contribution in [0.15, 0.2) is 36.9 Å². The zero-order chi connectivity index (χ0) is 21.6. The van der Waals surface area contributed by atoms with Gasteiger partial charge < -0.3 is 33.9 Å². The molecule has 2 aromatic carbocycles. The van der Waals surface area contributed by atoms with Gasteiger partial charge in [0.25, 0.3) is 0 Å². The standard InChI is InChI=1S/C22H28O7/c1-7-8-14-9-18(27-5)22(19(10-14)28-6)29-13(2)20(23)15-11-16(25-3)21(24)17(12-15)26-4/h7,9-13,20,23-24H,1,8H2,2-6H3/t13-,20+/m1/s1. The summed E-state index contributed by atoms with van der Waals surface area (Å²) >= 11 is 0. The first-order valence-electron chi connectivity index (χ1n) is 9.05. The lowest BCUT2D eigenvalue weighted by Crippen LogP contribution is -2.22. The Balaban J connectivity index is 2.36. The smallest absolute Gasteiger partial charge is 0.203 e. The van der Waals surface area contributed by atoms with E-state index in [1.807, 2.05) is 12.1 Å². The Bertz CT molecular complexity index is 797. The Labute approximate surface area is 171 Å². The molecular weight excluding hydrogens is 376 g/mol. The van der Waals surface area contributed by atoms with E-state index < -0.39 is 12.2 Å². The van der Waals surface area contributed by atoms with Gasteiger partial charge in [-0.15, -0.1) is 6.58 Å². The van der Waals surface area contributed by atoms with E-state index in [0.717, 1.165) is 5.56 Å². The molecule has 0 aliphatic heterocycles. The van der Waals surface area contributed by atoms with Gasteiger partial charge in [-0.05, 0) is 48.7 Å². The van der Waals surface area contributed by atoms with Crippen LogP contribution in [-0.2, 0) is 6.42 Å². The van der Waals surface area contributed by atoms with E-state index >= 15 is 0 Å². The molecule has 0 aliphatic rings. The normalized spacial score (nSPS) is 12.6. The minimum Gasteiger partial charge on any atom is -0.502 e. The molecule has 0 saturated carbocycles. The average Bonchev–Trinajstić information content (AvgIpc) is 2.74. The van der Waals surface area contributed by atoms with E-state index in [4.69, 9.17) is 23.7 Å². The van der Waals surface area contributed by atoms with Crippen molar-refractivity contribution in [2.45, 2.75) is 25.6 Å². The fraction of sp³-hybridized carbons (Fsp3) is 0.364. The van der Waals surface area contributed by atoms with Crippen LogP contribution in [0.3, 0.4) is 0 Å². The molecule has 2 aromatic rings. The molecule has 0 bridgehead atoms. The third kappa shape index (κ3) is 4.86. The van der Waals surface area contributed by atoms with Crippen molar-refractivity contribution in [2.24, 2.45) is 0 Å². The number of phenols is 1. The van der Waals surface area contributed by atoms with E-state index in [1.54, 1.807) is 13.0 Å². The van der Waals surface area contributed by atoms with E-state index in [0.29, 0.717) is 29.2 Å². The minimum atomic E-state index is -1.04. The molecule has 0 aromatic heterocycles. The number of rotatable bonds is 10. The Hall–Kier alpha value is -3.06. The first-order valence-corrected chi connectivity index (χ1v) is 9.05. The Kier molecular flexibility index (Phi) is 7.61. The van der Waals surface area contributed by atoms with Crippen molar-refractivity contribution >= 4 is 0 Å². The molecule has 0 unspecified atom stereocenters. The fourth-order valence-electron chi connectivity index (χ4n) is 2.94. The van der Waals surface area contributed by atoms with Crippen molar-refractivity contribution in [3.8, 4) is 34.5 Å². The molecule has 0 aliphatic carbocycles. The quantitative estimate of drug-likeness (QED) is 0.585. The Morgan fingerprint density at radius 2 is 1.38 bits per heavy atom. The molecule has 2 N–H and O–H groups in total. The molecule has 2 atom stereocenters. The number of aliphatic hydroxyl groups excluding tert-OH is 1. The zero-order valence-electron chi connectivity index (χ0n) is 17.4. The van der Waals surface area contributed by atoms with Crippen molar-refractivity contribution in [2.75, 3.05) is 28.4 Å². The maximum Gasteiger partial charge on any atom is 0.203 e. The van der Waals surface area contributed by atoms with Crippen molar-refractivity contribution in [3.05, 3.63) is 48.0 Å². The summed E-state index contributed by atoms with van der Waals surface area (Å²) in [6.45, 7) is 5.46. The van der Waals surface area contributed by atoms with Crippen molar-refractivity contribution in [3.63, 3.8) is 0 Å². The second-order valence-corrected chi connectivity index (χ2v) is 6.36. The number of aromatic hydroxyl groups is 1. The number of hydrogen-bond donors (Lipinski definition) is 2. The van der Waals surface area contributed by atoms with Gasteiger partial charge in [-0.3, -0.25) is 0 Å². The highest BCUT2D eigenvalue weighted by atomic mass is 16.5. The highest BCUT2D eigenvalue weighted by Crippen LogP contribution is 2.42. The number of methoxy groups -OCH3 is 4. The zero-order valence-corrected chi connectivity index (χ0v) is 17.4. The Morgan fingerprint density at radius 1 is 0.897 bits per heavy atom. The van der Waals surface area contributed by atoms with Crippen LogP contribution in [0.25, 0.3) is 0 Å². The molecule has 7 nitrogen and oxygen atoms in total. The largest absolute Gasteiger partial charge is 0.502 e. The van der Waals surface area contributed by atoms with Gasteiger partial charge >= 0.3 is 0 Å². The van der Waals surface area contributed by atoms with Crippen LogP contribution in [0.1, 0.15) is 24.2 Å². The van der Waals surface area contributed by atoms with Gasteiger partial charge in [-0.1, -0.05) is 6.08 Å². The number of hydrogen-bond acceptors (Lipinski definition) is 7. The molecule has 0 radical (unpaired) electrons. The van der Waals surface area contributed by atoms with Gasteiger partial charge in [0.15, 0.2) is 23.0 Å². The number of phenolic OH excluding ortho intramolecular Hbond substituents is 1. The van der Waals surface area contributed by atoms with Crippen LogP contribution < -0.4 is 23.7 Å². The predicted molar refractivity (Wildman–Crippen MR) is 110 cm³/mol. The molecule has 7 heteroatoms. The van der Waals surface area contributed by atoms with Gasteiger partial charge in [0.05, 0.1) is 28.4 Å².